The first-order valence-corrected chi connectivity index (χ1v) is 5.67. The van der Waals surface area contributed by atoms with Crippen molar-refractivity contribution < 1.29 is 4.79 Å². The number of anilines is 1. The van der Waals surface area contributed by atoms with Gasteiger partial charge in [0, 0.05) is 36.2 Å². The second-order valence-corrected chi connectivity index (χ2v) is 4.45. The van der Waals surface area contributed by atoms with Gasteiger partial charge in [-0.15, -0.1) is 0 Å². The lowest BCUT2D eigenvalue weighted by Crippen LogP contribution is -2.19. The van der Waals surface area contributed by atoms with Crippen LogP contribution in [0.15, 0.2) is 40.0 Å². The van der Waals surface area contributed by atoms with Crippen molar-refractivity contribution >= 4 is 27.5 Å². The van der Waals surface area contributed by atoms with Crippen LogP contribution in [0.3, 0.4) is 0 Å². The van der Waals surface area contributed by atoms with Gasteiger partial charge in [-0.05, 0) is 22.0 Å². The van der Waals surface area contributed by atoms with Crippen molar-refractivity contribution in [3.63, 3.8) is 0 Å². The lowest BCUT2D eigenvalue weighted by Gasteiger charge is -2.04. The van der Waals surface area contributed by atoms with Gasteiger partial charge < -0.3 is 14.9 Å². The molecule has 2 aromatic heterocycles. The van der Waals surface area contributed by atoms with Crippen LogP contribution in [0.5, 0.6) is 0 Å². The maximum absolute atomic E-state index is 11.9. The van der Waals surface area contributed by atoms with Gasteiger partial charge in [-0.1, -0.05) is 0 Å². The second kappa shape index (κ2) is 4.58. The fraction of sp³-hybridized carbons (Fsp3) is 0.0909. The zero-order chi connectivity index (χ0) is 12.4. The van der Waals surface area contributed by atoms with E-state index in [0.29, 0.717) is 5.69 Å². The average molecular weight is 296 g/mol. The molecule has 6 heteroatoms. The third-order valence-corrected chi connectivity index (χ3v) is 2.71. The molecule has 0 aliphatic carbocycles. The fourth-order valence-corrected chi connectivity index (χ4v) is 1.97. The summed E-state index contributed by atoms with van der Waals surface area (Å²) in [6.07, 6.45) is 4.74. The molecule has 2 N–H and O–H groups in total. The minimum absolute atomic E-state index is 0.231. The Morgan fingerprint density at radius 3 is 2.88 bits per heavy atom. The number of aryl methyl sites for hydroxylation is 1. The average Bonchev–Trinajstić information content (AvgIpc) is 2.61. The van der Waals surface area contributed by atoms with Gasteiger partial charge in [-0.2, -0.15) is 0 Å². The number of halogens is 1. The molecular weight excluding hydrogens is 286 g/mol. The summed E-state index contributed by atoms with van der Waals surface area (Å²) < 4.78 is 2.49. The first-order chi connectivity index (χ1) is 8.08. The van der Waals surface area contributed by atoms with E-state index < -0.39 is 0 Å². The number of carbonyl (C=O) groups excluding carboxylic acids is 1. The highest BCUT2D eigenvalue weighted by atomic mass is 79.9. The zero-order valence-electron chi connectivity index (χ0n) is 9.03. The summed E-state index contributed by atoms with van der Waals surface area (Å²) in [7, 11) is 1.76. The third kappa shape index (κ3) is 2.47. The summed E-state index contributed by atoms with van der Waals surface area (Å²) in [5.41, 5.74) is 0.473. The number of hydrogen-bond donors (Lipinski definition) is 2. The molecular formula is C11H10BrN3O2. The van der Waals surface area contributed by atoms with Gasteiger partial charge in [0.2, 0.25) is 5.43 Å². The zero-order valence-corrected chi connectivity index (χ0v) is 10.6. The minimum Gasteiger partial charge on any atom is -0.366 e. The standard InChI is InChI=1S/C11H10BrN3O2/c1-15-6-7(12)4-9(15)11(17)14-8-5-13-3-2-10(8)16/h2-6H,1H3,(H,13,16)(H,14,17). The van der Waals surface area contributed by atoms with Gasteiger partial charge in [0.05, 0.1) is 0 Å². The predicted octanol–water partition coefficient (Wildman–Crippen LogP) is 1.73. The van der Waals surface area contributed by atoms with Crippen LogP contribution in [-0.2, 0) is 7.05 Å². The van der Waals surface area contributed by atoms with Crippen LogP contribution in [-0.4, -0.2) is 15.5 Å². The molecule has 0 bridgehead atoms. The summed E-state index contributed by atoms with van der Waals surface area (Å²) in [6, 6.07) is 3.04. The van der Waals surface area contributed by atoms with E-state index in [-0.39, 0.29) is 17.0 Å². The molecule has 0 spiro atoms. The molecule has 0 unspecified atom stereocenters. The molecule has 0 fully saturated rings. The summed E-state index contributed by atoms with van der Waals surface area (Å²) >= 11 is 3.28. The van der Waals surface area contributed by atoms with E-state index >= 15 is 0 Å². The van der Waals surface area contributed by atoms with Crippen molar-refractivity contribution in [2.75, 3.05) is 5.32 Å². The van der Waals surface area contributed by atoms with E-state index in [9.17, 15) is 9.59 Å². The molecule has 0 atom stereocenters. The number of aromatic nitrogens is 2. The molecule has 1 amide bonds. The van der Waals surface area contributed by atoms with Gasteiger partial charge in [0.1, 0.15) is 11.4 Å². The van der Waals surface area contributed by atoms with Crippen LogP contribution < -0.4 is 10.7 Å². The van der Waals surface area contributed by atoms with Crippen LogP contribution in [0.4, 0.5) is 5.69 Å². The van der Waals surface area contributed by atoms with Crippen molar-refractivity contribution in [2.45, 2.75) is 0 Å². The van der Waals surface area contributed by atoms with E-state index in [1.165, 1.54) is 18.5 Å². The molecule has 5 nitrogen and oxygen atoms in total. The highest BCUT2D eigenvalue weighted by Gasteiger charge is 2.12. The monoisotopic (exact) mass is 295 g/mol. The van der Waals surface area contributed by atoms with Crippen LogP contribution in [0.2, 0.25) is 0 Å². The lowest BCUT2D eigenvalue weighted by molar-refractivity contribution is 0.101. The summed E-state index contributed by atoms with van der Waals surface area (Å²) in [6.45, 7) is 0. The number of amides is 1. The third-order valence-electron chi connectivity index (χ3n) is 2.28. The normalized spacial score (nSPS) is 10.2. The topological polar surface area (TPSA) is 66.9 Å². The molecule has 17 heavy (non-hydrogen) atoms. The molecule has 0 aliphatic rings. The number of nitrogens with zero attached hydrogens (tertiary/aromatic N) is 1. The van der Waals surface area contributed by atoms with Crippen LogP contribution in [0, 0.1) is 0 Å². The first kappa shape index (κ1) is 11.7. The second-order valence-electron chi connectivity index (χ2n) is 3.53. The quantitative estimate of drug-likeness (QED) is 0.886. The lowest BCUT2D eigenvalue weighted by atomic mass is 10.3. The smallest absolute Gasteiger partial charge is 0.272 e. The first-order valence-electron chi connectivity index (χ1n) is 4.88. The maximum atomic E-state index is 11.9. The van der Waals surface area contributed by atoms with Gasteiger partial charge in [-0.25, -0.2) is 0 Å². The fourth-order valence-electron chi connectivity index (χ4n) is 1.45. The van der Waals surface area contributed by atoms with Gasteiger partial charge in [0.15, 0.2) is 0 Å². The van der Waals surface area contributed by atoms with Crippen molar-refractivity contribution in [3.8, 4) is 0 Å². The Labute approximate surface area is 106 Å². The van der Waals surface area contributed by atoms with Crippen LogP contribution in [0.1, 0.15) is 10.5 Å². The Morgan fingerprint density at radius 1 is 1.53 bits per heavy atom. The number of H-pyrrole nitrogens is 1. The summed E-state index contributed by atoms with van der Waals surface area (Å²) in [4.78, 5) is 26.1. The van der Waals surface area contributed by atoms with E-state index in [4.69, 9.17) is 0 Å². The van der Waals surface area contributed by atoms with E-state index in [1.54, 1.807) is 23.9 Å². The number of pyridine rings is 1. The van der Waals surface area contributed by atoms with Crippen molar-refractivity contribution in [2.24, 2.45) is 7.05 Å². The molecule has 88 valence electrons. The van der Waals surface area contributed by atoms with Gasteiger partial charge in [0.25, 0.3) is 5.91 Å². The predicted molar refractivity (Wildman–Crippen MR) is 68.1 cm³/mol. The van der Waals surface area contributed by atoms with Gasteiger partial charge in [-0.3, -0.25) is 9.59 Å². The summed E-state index contributed by atoms with van der Waals surface area (Å²) in [5, 5.41) is 2.56. The van der Waals surface area contributed by atoms with Crippen molar-refractivity contribution in [1.29, 1.82) is 0 Å². The number of nitrogens with one attached hydrogen (secondary N) is 2. The summed E-state index contributed by atoms with van der Waals surface area (Å²) in [5.74, 6) is -0.324. The van der Waals surface area contributed by atoms with Crippen LogP contribution in [0.25, 0.3) is 0 Å². The van der Waals surface area contributed by atoms with Crippen molar-refractivity contribution in [1.82, 2.24) is 9.55 Å². The number of rotatable bonds is 2. The SMILES string of the molecule is Cn1cc(Br)cc1C(=O)Nc1c[nH]ccc1=O. The number of carbonyl (C=O) groups is 1. The van der Waals surface area contributed by atoms with E-state index in [2.05, 4.69) is 26.2 Å². The minimum atomic E-state index is -0.324. The Hall–Kier alpha value is -1.82. The maximum Gasteiger partial charge on any atom is 0.272 e. The highest BCUT2D eigenvalue weighted by Crippen LogP contribution is 2.14. The number of aromatic amines is 1. The molecule has 0 aromatic carbocycles. The molecule has 0 saturated heterocycles. The Bertz CT molecular complexity index is 615. The molecule has 2 aromatic rings. The molecule has 2 heterocycles. The molecule has 2 rings (SSSR count). The molecule has 0 radical (unpaired) electrons. The molecule has 0 aliphatic heterocycles. The Kier molecular flexibility index (Phi) is 3.14. The van der Waals surface area contributed by atoms with Crippen LogP contribution >= 0.6 is 15.9 Å². The van der Waals surface area contributed by atoms with Gasteiger partial charge >= 0.3 is 0 Å². The van der Waals surface area contributed by atoms with E-state index in [1.807, 2.05) is 0 Å². The molecule has 0 saturated carbocycles. The Morgan fingerprint density at radius 2 is 2.29 bits per heavy atom. The largest absolute Gasteiger partial charge is 0.366 e. The van der Waals surface area contributed by atoms with Crippen molar-refractivity contribution in [3.05, 3.63) is 51.1 Å². The number of hydrogen-bond acceptors (Lipinski definition) is 2. The van der Waals surface area contributed by atoms with E-state index in [0.717, 1.165) is 4.47 Å². The Balaban J connectivity index is 2.26. The highest BCUT2D eigenvalue weighted by molar-refractivity contribution is 9.10.